The van der Waals surface area contributed by atoms with Gasteiger partial charge in [-0.15, -0.1) is 24.0 Å². The van der Waals surface area contributed by atoms with Crippen LogP contribution in [0.3, 0.4) is 0 Å². The first-order chi connectivity index (χ1) is 12.2. The van der Waals surface area contributed by atoms with Crippen molar-refractivity contribution in [2.75, 3.05) is 24.5 Å². The quantitative estimate of drug-likeness (QED) is 0.394. The molecule has 0 amide bonds. The van der Waals surface area contributed by atoms with Crippen LogP contribution in [0.5, 0.6) is 0 Å². The summed E-state index contributed by atoms with van der Waals surface area (Å²) in [5, 5.41) is 6.51. The Morgan fingerprint density at radius 1 is 1.27 bits per heavy atom. The number of furan rings is 1. The molecule has 1 saturated heterocycles. The third-order valence-corrected chi connectivity index (χ3v) is 4.10. The number of anilines is 1. The van der Waals surface area contributed by atoms with Crippen LogP contribution in [0.1, 0.15) is 19.1 Å². The molecular formula is C18H23F2IN4O. The van der Waals surface area contributed by atoms with Crippen molar-refractivity contribution in [2.45, 2.75) is 25.9 Å². The number of halogens is 3. The molecule has 1 aliphatic heterocycles. The van der Waals surface area contributed by atoms with E-state index in [1.807, 2.05) is 19.1 Å². The van der Waals surface area contributed by atoms with Crippen molar-refractivity contribution in [1.82, 2.24) is 10.6 Å². The molecule has 5 nitrogen and oxygen atoms in total. The Kier molecular flexibility index (Phi) is 7.67. The first-order valence-electron chi connectivity index (χ1n) is 8.43. The molecule has 142 valence electrons. The smallest absolute Gasteiger partial charge is 0.191 e. The normalized spacial score (nSPS) is 17.1. The van der Waals surface area contributed by atoms with E-state index in [2.05, 4.69) is 15.6 Å². The molecule has 0 spiro atoms. The SMILES string of the molecule is CCNC(=NCc1ccco1)NC1CCN(c2c(F)cccc2F)C1.I. The van der Waals surface area contributed by atoms with Crippen LogP contribution in [0, 0.1) is 11.6 Å². The van der Waals surface area contributed by atoms with Crippen molar-refractivity contribution in [1.29, 1.82) is 0 Å². The second-order valence-electron chi connectivity index (χ2n) is 5.92. The standard InChI is InChI=1S/C18H22F2N4O.HI/c1-2-21-18(22-11-14-5-4-10-25-14)23-13-8-9-24(12-13)17-15(19)6-3-7-16(17)20;/h3-7,10,13H,2,8-9,11-12H2,1H3,(H2,21,22,23);1H. The lowest BCUT2D eigenvalue weighted by Gasteiger charge is -2.21. The highest BCUT2D eigenvalue weighted by Crippen LogP contribution is 2.26. The van der Waals surface area contributed by atoms with Gasteiger partial charge in [0.25, 0.3) is 0 Å². The summed E-state index contributed by atoms with van der Waals surface area (Å²) < 4.78 is 33.2. The molecule has 1 unspecified atom stereocenters. The summed E-state index contributed by atoms with van der Waals surface area (Å²) in [7, 11) is 0. The highest BCUT2D eigenvalue weighted by Gasteiger charge is 2.27. The minimum atomic E-state index is -0.529. The Labute approximate surface area is 168 Å². The Bertz CT molecular complexity index is 704. The van der Waals surface area contributed by atoms with Gasteiger partial charge in [-0.1, -0.05) is 6.07 Å². The van der Waals surface area contributed by atoms with E-state index in [0.717, 1.165) is 18.7 Å². The maximum absolute atomic E-state index is 13.9. The molecule has 26 heavy (non-hydrogen) atoms. The fourth-order valence-corrected chi connectivity index (χ4v) is 2.95. The van der Waals surface area contributed by atoms with E-state index in [1.165, 1.54) is 18.2 Å². The first-order valence-corrected chi connectivity index (χ1v) is 8.43. The first kappa shape index (κ1) is 20.5. The van der Waals surface area contributed by atoms with Crippen molar-refractivity contribution in [3.8, 4) is 0 Å². The predicted octanol–water partition coefficient (Wildman–Crippen LogP) is 3.51. The fraction of sp³-hybridized carbons (Fsp3) is 0.389. The van der Waals surface area contributed by atoms with Gasteiger partial charge >= 0.3 is 0 Å². The number of para-hydroxylation sites is 1. The molecule has 1 atom stereocenters. The summed E-state index contributed by atoms with van der Waals surface area (Å²) in [6.07, 6.45) is 2.39. The second-order valence-corrected chi connectivity index (χ2v) is 5.92. The van der Waals surface area contributed by atoms with Crippen LogP contribution in [-0.4, -0.2) is 31.6 Å². The Balaban J connectivity index is 0.00000243. The van der Waals surface area contributed by atoms with Crippen molar-refractivity contribution in [3.05, 3.63) is 54.0 Å². The molecule has 0 aliphatic carbocycles. The Hall–Kier alpha value is -1.84. The number of benzene rings is 1. The summed E-state index contributed by atoms with van der Waals surface area (Å²) in [5.74, 6) is 0.386. The average Bonchev–Trinajstić information content (AvgIpc) is 3.25. The van der Waals surface area contributed by atoms with E-state index in [9.17, 15) is 8.78 Å². The molecular weight excluding hydrogens is 453 g/mol. The van der Waals surface area contributed by atoms with E-state index in [1.54, 1.807) is 11.2 Å². The Morgan fingerprint density at radius 2 is 2.04 bits per heavy atom. The highest BCUT2D eigenvalue weighted by molar-refractivity contribution is 14.0. The Morgan fingerprint density at radius 3 is 2.69 bits per heavy atom. The van der Waals surface area contributed by atoms with Crippen LogP contribution >= 0.6 is 24.0 Å². The van der Waals surface area contributed by atoms with Gasteiger partial charge in [-0.2, -0.15) is 0 Å². The summed E-state index contributed by atoms with van der Waals surface area (Å²) >= 11 is 0. The number of nitrogens with zero attached hydrogens (tertiary/aromatic N) is 2. The zero-order chi connectivity index (χ0) is 17.6. The minimum absolute atomic E-state index is 0. The lowest BCUT2D eigenvalue weighted by molar-refractivity contribution is 0.511. The molecule has 0 radical (unpaired) electrons. The average molecular weight is 476 g/mol. The summed E-state index contributed by atoms with van der Waals surface area (Å²) in [4.78, 5) is 6.22. The third-order valence-electron chi connectivity index (χ3n) is 4.10. The maximum Gasteiger partial charge on any atom is 0.191 e. The molecule has 3 rings (SSSR count). The lowest BCUT2D eigenvalue weighted by atomic mass is 10.2. The van der Waals surface area contributed by atoms with E-state index in [-0.39, 0.29) is 35.7 Å². The van der Waals surface area contributed by atoms with E-state index < -0.39 is 11.6 Å². The summed E-state index contributed by atoms with van der Waals surface area (Å²) in [5.41, 5.74) is 0.0457. The highest BCUT2D eigenvalue weighted by atomic mass is 127. The lowest BCUT2D eigenvalue weighted by Crippen LogP contribution is -2.44. The van der Waals surface area contributed by atoms with Crippen LogP contribution < -0.4 is 15.5 Å². The van der Waals surface area contributed by atoms with E-state index in [0.29, 0.717) is 25.6 Å². The molecule has 1 aliphatic rings. The zero-order valence-electron chi connectivity index (χ0n) is 14.5. The van der Waals surface area contributed by atoms with Gasteiger partial charge in [0.1, 0.15) is 29.6 Å². The van der Waals surface area contributed by atoms with Gasteiger partial charge in [-0.3, -0.25) is 0 Å². The second kappa shape index (κ2) is 9.75. The van der Waals surface area contributed by atoms with Crippen molar-refractivity contribution in [2.24, 2.45) is 4.99 Å². The molecule has 1 aromatic carbocycles. The molecule has 0 bridgehead atoms. The summed E-state index contributed by atoms with van der Waals surface area (Å²) in [6.45, 7) is 4.25. The monoisotopic (exact) mass is 476 g/mol. The number of rotatable bonds is 5. The van der Waals surface area contributed by atoms with Crippen LogP contribution in [0.4, 0.5) is 14.5 Å². The largest absolute Gasteiger partial charge is 0.467 e. The number of hydrogen-bond donors (Lipinski definition) is 2. The third kappa shape index (κ3) is 5.09. The number of aliphatic imine (C=N–C) groups is 1. The minimum Gasteiger partial charge on any atom is -0.467 e. The van der Waals surface area contributed by atoms with Gasteiger partial charge in [0, 0.05) is 25.7 Å². The van der Waals surface area contributed by atoms with Gasteiger partial charge in [0.05, 0.1) is 6.26 Å². The van der Waals surface area contributed by atoms with Gasteiger partial charge in [-0.05, 0) is 37.6 Å². The molecule has 2 N–H and O–H groups in total. The number of hydrogen-bond acceptors (Lipinski definition) is 3. The summed E-state index contributed by atoms with van der Waals surface area (Å²) in [6, 6.07) is 7.70. The van der Waals surface area contributed by atoms with Crippen LogP contribution in [0.15, 0.2) is 46.0 Å². The van der Waals surface area contributed by atoms with Crippen LogP contribution in [0.25, 0.3) is 0 Å². The van der Waals surface area contributed by atoms with Gasteiger partial charge < -0.3 is 20.0 Å². The zero-order valence-corrected chi connectivity index (χ0v) is 16.9. The van der Waals surface area contributed by atoms with E-state index in [4.69, 9.17) is 4.42 Å². The number of guanidine groups is 1. The van der Waals surface area contributed by atoms with Gasteiger partial charge in [-0.25, -0.2) is 13.8 Å². The van der Waals surface area contributed by atoms with Gasteiger partial charge in [0.15, 0.2) is 5.96 Å². The van der Waals surface area contributed by atoms with Crippen molar-refractivity contribution >= 4 is 35.6 Å². The van der Waals surface area contributed by atoms with Crippen LogP contribution in [0.2, 0.25) is 0 Å². The molecule has 8 heteroatoms. The maximum atomic E-state index is 13.9. The van der Waals surface area contributed by atoms with Crippen LogP contribution in [-0.2, 0) is 6.54 Å². The topological polar surface area (TPSA) is 52.8 Å². The van der Waals surface area contributed by atoms with Crippen molar-refractivity contribution in [3.63, 3.8) is 0 Å². The number of nitrogens with one attached hydrogen (secondary N) is 2. The van der Waals surface area contributed by atoms with Gasteiger partial charge in [0.2, 0.25) is 0 Å². The molecule has 0 saturated carbocycles. The van der Waals surface area contributed by atoms with E-state index >= 15 is 0 Å². The predicted molar refractivity (Wildman–Crippen MR) is 109 cm³/mol. The molecule has 1 aromatic heterocycles. The molecule has 2 aromatic rings. The molecule has 2 heterocycles. The van der Waals surface area contributed by atoms with Crippen molar-refractivity contribution < 1.29 is 13.2 Å². The fourth-order valence-electron chi connectivity index (χ4n) is 2.95. The molecule has 1 fully saturated rings.